The molecule has 1 fully saturated rings. The van der Waals surface area contributed by atoms with Crippen LogP contribution in [0.1, 0.15) is 30.2 Å². The van der Waals surface area contributed by atoms with Gasteiger partial charge in [0.25, 0.3) is 0 Å². The van der Waals surface area contributed by atoms with Gasteiger partial charge in [-0.3, -0.25) is 4.90 Å². The maximum Gasteiger partial charge on any atom is 0.122 e. The van der Waals surface area contributed by atoms with Crippen LogP contribution in [0.2, 0.25) is 0 Å². The second-order valence-electron chi connectivity index (χ2n) is 7.67. The maximum atomic E-state index is 5.76. The second kappa shape index (κ2) is 9.00. The summed E-state index contributed by atoms with van der Waals surface area (Å²) in [6, 6.07) is 18.9. The first-order valence-corrected chi connectivity index (χ1v) is 11.4. The molecule has 6 heteroatoms. The van der Waals surface area contributed by atoms with Gasteiger partial charge in [-0.15, -0.1) is 11.3 Å². The van der Waals surface area contributed by atoms with Gasteiger partial charge >= 0.3 is 0 Å². The molecule has 4 aromatic rings. The average Bonchev–Trinajstić information content (AvgIpc) is 3.58. The standard InChI is InChI=1S/C24H26N4OS/c1-2-8-20(9-3-1)28-18-19(24(26-28)23-11-7-15-30-23)16-25-17-21(22-10-6-14-29-22)27-12-4-5-13-27/h1-3,6-11,14-15,18,21,25H,4-5,12-13,16-17H2. The van der Waals surface area contributed by atoms with Crippen LogP contribution in [0.5, 0.6) is 0 Å². The fraction of sp³-hybridized carbons (Fsp3) is 0.292. The Labute approximate surface area is 181 Å². The first-order chi connectivity index (χ1) is 14.9. The molecular weight excluding hydrogens is 392 g/mol. The zero-order valence-corrected chi connectivity index (χ0v) is 17.7. The van der Waals surface area contributed by atoms with Crippen LogP contribution in [0.4, 0.5) is 0 Å². The molecule has 154 valence electrons. The van der Waals surface area contributed by atoms with Crippen molar-refractivity contribution in [1.82, 2.24) is 20.0 Å². The third-order valence-electron chi connectivity index (χ3n) is 5.67. The maximum absolute atomic E-state index is 5.76. The largest absolute Gasteiger partial charge is 0.468 e. The summed E-state index contributed by atoms with van der Waals surface area (Å²) in [5.74, 6) is 1.04. The van der Waals surface area contributed by atoms with Gasteiger partial charge in [0.2, 0.25) is 0 Å². The molecule has 1 aromatic carbocycles. The SMILES string of the molecule is c1ccc(-n2cc(CNCC(c3ccco3)N3CCCC3)c(-c3cccs3)n2)cc1. The molecule has 30 heavy (non-hydrogen) atoms. The molecule has 5 nitrogen and oxygen atoms in total. The number of aromatic nitrogens is 2. The van der Waals surface area contributed by atoms with Gasteiger partial charge in [0, 0.05) is 24.8 Å². The molecule has 3 aromatic heterocycles. The van der Waals surface area contributed by atoms with Gasteiger partial charge in [0.15, 0.2) is 0 Å². The Balaban J connectivity index is 1.35. The van der Waals surface area contributed by atoms with E-state index in [1.165, 1.54) is 23.3 Å². The van der Waals surface area contributed by atoms with Crippen molar-refractivity contribution < 1.29 is 4.42 Å². The predicted octanol–water partition coefficient (Wildman–Crippen LogP) is 5.12. The Hall–Kier alpha value is -2.67. The lowest BCUT2D eigenvalue weighted by Gasteiger charge is -2.26. The Bertz CT molecular complexity index is 1030. The van der Waals surface area contributed by atoms with Gasteiger partial charge in [0.1, 0.15) is 11.5 Å². The van der Waals surface area contributed by atoms with Gasteiger partial charge in [-0.25, -0.2) is 4.68 Å². The van der Waals surface area contributed by atoms with E-state index in [4.69, 9.17) is 9.52 Å². The first kappa shape index (κ1) is 19.3. The van der Waals surface area contributed by atoms with Crippen LogP contribution in [0.25, 0.3) is 16.3 Å². The highest BCUT2D eigenvalue weighted by atomic mass is 32.1. The van der Waals surface area contributed by atoms with Crippen LogP contribution in [0, 0.1) is 0 Å². The van der Waals surface area contributed by atoms with E-state index in [0.717, 1.165) is 43.3 Å². The van der Waals surface area contributed by atoms with Crippen LogP contribution in [-0.2, 0) is 6.54 Å². The van der Waals surface area contributed by atoms with Crippen molar-refractivity contribution in [2.75, 3.05) is 19.6 Å². The number of para-hydroxylation sites is 1. The molecule has 5 rings (SSSR count). The van der Waals surface area contributed by atoms with Gasteiger partial charge in [-0.2, -0.15) is 5.10 Å². The smallest absolute Gasteiger partial charge is 0.122 e. The molecule has 1 aliphatic heterocycles. The minimum Gasteiger partial charge on any atom is -0.468 e. The third-order valence-corrected chi connectivity index (χ3v) is 6.55. The lowest BCUT2D eigenvalue weighted by molar-refractivity contribution is 0.209. The molecule has 0 aliphatic carbocycles. The topological polar surface area (TPSA) is 46.2 Å². The molecule has 1 atom stereocenters. The highest BCUT2D eigenvalue weighted by Crippen LogP contribution is 2.29. The monoisotopic (exact) mass is 418 g/mol. The molecule has 0 amide bonds. The van der Waals surface area contributed by atoms with E-state index in [1.54, 1.807) is 17.6 Å². The van der Waals surface area contributed by atoms with Crippen molar-refractivity contribution in [3.05, 3.63) is 83.8 Å². The summed E-state index contributed by atoms with van der Waals surface area (Å²) in [6.45, 7) is 3.90. The number of nitrogens with one attached hydrogen (secondary N) is 1. The number of rotatable bonds is 8. The number of benzene rings is 1. The Morgan fingerprint density at radius 1 is 1.03 bits per heavy atom. The molecule has 1 saturated heterocycles. The molecule has 1 aliphatic rings. The van der Waals surface area contributed by atoms with Crippen LogP contribution in [-0.4, -0.2) is 34.3 Å². The van der Waals surface area contributed by atoms with Crippen molar-refractivity contribution in [2.24, 2.45) is 0 Å². The van der Waals surface area contributed by atoms with E-state index in [0.29, 0.717) is 0 Å². The molecule has 0 saturated carbocycles. The molecule has 0 bridgehead atoms. The predicted molar refractivity (Wildman–Crippen MR) is 121 cm³/mol. The number of nitrogens with zero attached hydrogens (tertiary/aromatic N) is 3. The molecule has 0 radical (unpaired) electrons. The van der Waals surface area contributed by atoms with Crippen LogP contribution < -0.4 is 5.32 Å². The van der Waals surface area contributed by atoms with E-state index < -0.39 is 0 Å². The summed E-state index contributed by atoms with van der Waals surface area (Å²) < 4.78 is 7.74. The van der Waals surface area contributed by atoms with Crippen LogP contribution in [0.15, 0.2) is 76.9 Å². The Morgan fingerprint density at radius 2 is 1.90 bits per heavy atom. The summed E-state index contributed by atoms with van der Waals surface area (Å²) in [7, 11) is 0. The highest BCUT2D eigenvalue weighted by molar-refractivity contribution is 7.13. The van der Waals surface area contributed by atoms with E-state index >= 15 is 0 Å². The number of thiophene rings is 1. The summed E-state index contributed by atoms with van der Waals surface area (Å²) in [5.41, 5.74) is 3.34. The molecule has 0 spiro atoms. The number of hydrogen-bond acceptors (Lipinski definition) is 5. The first-order valence-electron chi connectivity index (χ1n) is 10.5. The van der Waals surface area contributed by atoms with E-state index in [2.05, 4.69) is 52.1 Å². The highest BCUT2D eigenvalue weighted by Gasteiger charge is 2.25. The van der Waals surface area contributed by atoms with Crippen molar-refractivity contribution in [3.8, 4) is 16.3 Å². The number of furan rings is 1. The minimum atomic E-state index is 0.275. The molecule has 1 N–H and O–H groups in total. The van der Waals surface area contributed by atoms with Gasteiger partial charge in [-0.1, -0.05) is 24.3 Å². The average molecular weight is 419 g/mol. The van der Waals surface area contributed by atoms with Gasteiger partial charge in [-0.05, 0) is 61.6 Å². The van der Waals surface area contributed by atoms with Crippen LogP contribution >= 0.6 is 11.3 Å². The molecule has 4 heterocycles. The summed E-state index contributed by atoms with van der Waals surface area (Å²) in [4.78, 5) is 3.72. The number of likely N-dealkylation sites (tertiary alicyclic amines) is 1. The summed E-state index contributed by atoms with van der Waals surface area (Å²) in [6.07, 6.45) is 6.46. The van der Waals surface area contributed by atoms with E-state index in [1.807, 2.05) is 28.9 Å². The normalized spacial score (nSPS) is 15.6. The van der Waals surface area contributed by atoms with Gasteiger partial charge < -0.3 is 9.73 Å². The minimum absolute atomic E-state index is 0.275. The fourth-order valence-corrected chi connectivity index (χ4v) is 4.90. The Morgan fingerprint density at radius 3 is 2.63 bits per heavy atom. The van der Waals surface area contributed by atoms with Gasteiger partial charge in [0.05, 0.1) is 22.9 Å². The lowest BCUT2D eigenvalue weighted by atomic mass is 10.1. The molecular formula is C24H26N4OS. The van der Waals surface area contributed by atoms with Crippen LogP contribution in [0.3, 0.4) is 0 Å². The van der Waals surface area contributed by atoms with E-state index in [-0.39, 0.29) is 6.04 Å². The number of hydrogen-bond donors (Lipinski definition) is 1. The van der Waals surface area contributed by atoms with Crippen molar-refractivity contribution >= 4 is 11.3 Å². The quantitative estimate of drug-likeness (QED) is 0.431. The lowest BCUT2D eigenvalue weighted by Crippen LogP contribution is -2.33. The molecule has 1 unspecified atom stereocenters. The van der Waals surface area contributed by atoms with Crippen molar-refractivity contribution in [1.29, 1.82) is 0 Å². The summed E-state index contributed by atoms with van der Waals surface area (Å²) in [5, 5.41) is 10.7. The third kappa shape index (κ3) is 4.12. The summed E-state index contributed by atoms with van der Waals surface area (Å²) >= 11 is 1.73. The van der Waals surface area contributed by atoms with E-state index in [9.17, 15) is 0 Å². The second-order valence-corrected chi connectivity index (χ2v) is 8.61. The zero-order valence-electron chi connectivity index (χ0n) is 16.9. The fourth-order valence-electron chi connectivity index (χ4n) is 4.16. The zero-order chi connectivity index (χ0) is 20.2. The van der Waals surface area contributed by atoms with Crippen molar-refractivity contribution in [3.63, 3.8) is 0 Å². The Kier molecular flexibility index (Phi) is 5.79. The van der Waals surface area contributed by atoms with Crippen molar-refractivity contribution in [2.45, 2.75) is 25.4 Å².